The summed E-state index contributed by atoms with van der Waals surface area (Å²) in [5, 5.41) is 11.6. The average Bonchev–Trinajstić information content (AvgIpc) is 2.76. The number of carbonyl (C=O) groups excluding carboxylic acids is 2. The molecule has 1 aromatic heterocycles. The highest BCUT2D eigenvalue weighted by Gasteiger charge is 2.30. The Kier molecular flexibility index (Phi) is 7.90. The summed E-state index contributed by atoms with van der Waals surface area (Å²) in [5.74, 6) is 1.06. The van der Waals surface area contributed by atoms with Gasteiger partial charge in [-0.1, -0.05) is 23.7 Å². The molecule has 0 saturated carbocycles. The lowest BCUT2D eigenvalue weighted by Crippen LogP contribution is -2.47. The van der Waals surface area contributed by atoms with Gasteiger partial charge in [-0.15, -0.1) is 5.10 Å². The third-order valence-corrected chi connectivity index (χ3v) is 5.48. The van der Waals surface area contributed by atoms with Gasteiger partial charge >= 0.3 is 6.09 Å². The lowest BCUT2D eigenvalue weighted by atomic mass is 9.96. The highest BCUT2D eigenvalue weighted by Crippen LogP contribution is 2.27. The third-order valence-electron chi connectivity index (χ3n) is 5.16. The fraction of sp³-hybridized carbons (Fsp3) is 0.478. The smallest absolute Gasteiger partial charge is 0.415 e. The van der Waals surface area contributed by atoms with Crippen molar-refractivity contribution in [3.8, 4) is 0 Å². The van der Waals surface area contributed by atoms with Crippen LogP contribution >= 0.6 is 11.6 Å². The molecule has 1 saturated heterocycles. The Morgan fingerprint density at radius 1 is 1.19 bits per heavy atom. The number of nitrogens with one attached hydrogen (secondary N) is 1. The predicted molar refractivity (Wildman–Crippen MR) is 125 cm³/mol. The zero-order valence-electron chi connectivity index (χ0n) is 18.8. The molecule has 0 bridgehead atoms. The maximum Gasteiger partial charge on any atom is 0.415 e. The van der Waals surface area contributed by atoms with Crippen molar-refractivity contribution in [2.24, 2.45) is 5.92 Å². The van der Waals surface area contributed by atoms with Gasteiger partial charge in [-0.2, -0.15) is 5.10 Å². The maximum atomic E-state index is 13.0. The molecule has 1 aromatic carbocycles. The molecule has 1 aliphatic heterocycles. The topological polar surface area (TPSA) is 87.7 Å². The van der Waals surface area contributed by atoms with E-state index in [1.807, 2.05) is 12.1 Å². The molecule has 0 aliphatic carbocycles. The number of hydrogen-bond donors (Lipinski definition) is 1. The Labute approximate surface area is 193 Å². The van der Waals surface area contributed by atoms with E-state index in [0.29, 0.717) is 29.7 Å². The molecular formula is C23H30ClN5O3. The number of benzene rings is 1. The van der Waals surface area contributed by atoms with Crippen LogP contribution in [0.5, 0.6) is 0 Å². The monoisotopic (exact) mass is 459 g/mol. The highest BCUT2D eigenvalue weighted by molar-refractivity contribution is 6.33. The number of nitrogens with zero attached hydrogens (tertiary/aromatic N) is 4. The van der Waals surface area contributed by atoms with Crippen molar-refractivity contribution in [1.82, 2.24) is 15.1 Å². The number of aromatic nitrogens is 2. The van der Waals surface area contributed by atoms with Gasteiger partial charge in [0.15, 0.2) is 0 Å². The molecule has 2 amide bonds. The van der Waals surface area contributed by atoms with Crippen LogP contribution < -0.4 is 10.2 Å². The number of amides is 2. The minimum atomic E-state index is -0.686. The molecule has 2 aromatic rings. The van der Waals surface area contributed by atoms with E-state index in [9.17, 15) is 9.59 Å². The van der Waals surface area contributed by atoms with Crippen molar-refractivity contribution in [2.75, 3.05) is 36.4 Å². The summed E-state index contributed by atoms with van der Waals surface area (Å²) >= 11 is 6.32. The summed E-state index contributed by atoms with van der Waals surface area (Å²) in [6, 6.07) is 10.7. The summed E-state index contributed by atoms with van der Waals surface area (Å²) in [5.41, 5.74) is -0.228. The van der Waals surface area contributed by atoms with Crippen molar-refractivity contribution < 1.29 is 14.3 Å². The molecule has 1 N–H and O–H groups in total. The molecule has 0 radical (unpaired) electrons. The Bertz CT molecular complexity index is 911. The quantitative estimate of drug-likeness (QED) is 0.695. The lowest BCUT2D eigenvalue weighted by Gasteiger charge is -2.34. The standard InChI is InChI=1S/C23H30ClN5O3/c1-23(2,3)32-22(31)29(19-8-5-4-7-18(19)24)16-21(30)28-13-10-17(11-14-28)15-25-20-9-6-12-26-27-20/h4-9,12,17H,10-11,13-16H2,1-3H3,(H,25,27). The van der Waals surface area contributed by atoms with E-state index < -0.39 is 11.7 Å². The van der Waals surface area contributed by atoms with Crippen molar-refractivity contribution >= 4 is 35.1 Å². The number of para-hydroxylation sites is 1. The number of hydrogen-bond acceptors (Lipinski definition) is 6. The molecular weight excluding hydrogens is 430 g/mol. The average molecular weight is 460 g/mol. The Morgan fingerprint density at radius 2 is 1.91 bits per heavy atom. The van der Waals surface area contributed by atoms with Crippen LogP contribution in [-0.2, 0) is 9.53 Å². The summed E-state index contributed by atoms with van der Waals surface area (Å²) in [6.07, 6.45) is 2.79. The first-order chi connectivity index (χ1) is 15.2. The van der Waals surface area contributed by atoms with Crippen LogP contribution in [0.3, 0.4) is 0 Å². The minimum absolute atomic E-state index is 0.124. The summed E-state index contributed by atoms with van der Waals surface area (Å²) in [6.45, 7) is 7.30. The molecule has 172 valence electrons. The molecule has 9 heteroatoms. The second-order valence-electron chi connectivity index (χ2n) is 8.83. The van der Waals surface area contributed by atoms with Crippen LogP contribution in [0.4, 0.5) is 16.3 Å². The van der Waals surface area contributed by atoms with Gasteiger partial charge in [-0.3, -0.25) is 9.69 Å². The van der Waals surface area contributed by atoms with Crippen molar-refractivity contribution in [1.29, 1.82) is 0 Å². The van der Waals surface area contributed by atoms with Gasteiger partial charge in [-0.05, 0) is 63.8 Å². The number of carbonyl (C=O) groups is 2. The fourth-order valence-electron chi connectivity index (χ4n) is 3.50. The molecule has 1 fully saturated rings. The number of ether oxygens (including phenoxy) is 1. The van der Waals surface area contributed by atoms with E-state index in [0.717, 1.165) is 25.2 Å². The van der Waals surface area contributed by atoms with Gasteiger partial charge in [-0.25, -0.2) is 4.79 Å². The number of rotatable bonds is 6. The van der Waals surface area contributed by atoms with Crippen LogP contribution in [-0.4, -0.2) is 58.9 Å². The first kappa shape index (κ1) is 23.8. The fourth-order valence-corrected chi connectivity index (χ4v) is 3.74. The first-order valence-corrected chi connectivity index (χ1v) is 11.1. The van der Waals surface area contributed by atoms with Gasteiger partial charge in [0.25, 0.3) is 0 Å². The molecule has 0 unspecified atom stereocenters. The van der Waals surface area contributed by atoms with E-state index in [4.69, 9.17) is 16.3 Å². The SMILES string of the molecule is CC(C)(C)OC(=O)N(CC(=O)N1CCC(CNc2cccnn2)CC1)c1ccccc1Cl. The van der Waals surface area contributed by atoms with E-state index in [1.54, 1.807) is 56.1 Å². The zero-order chi connectivity index (χ0) is 23.1. The Balaban J connectivity index is 1.59. The summed E-state index contributed by atoms with van der Waals surface area (Å²) in [7, 11) is 0. The number of anilines is 2. The second kappa shape index (κ2) is 10.6. The zero-order valence-corrected chi connectivity index (χ0v) is 19.5. The van der Waals surface area contributed by atoms with E-state index in [1.165, 1.54) is 4.90 Å². The molecule has 8 nitrogen and oxygen atoms in total. The van der Waals surface area contributed by atoms with Gasteiger partial charge < -0.3 is 15.0 Å². The number of likely N-dealkylation sites (tertiary alicyclic amines) is 1. The molecule has 3 rings (SSSR count). The highest BCUT2D eigenvalue weighted by atomic mass is 35.5. The lowest BCUT2D eigenvalue weighted by molar-refractivity contribution is -0.131. The number of halogens is 1. The molecule has 32 heavy (non-hydrogen) atoms. The second-order valence-corrected chi connectivity index (χ2v) is 9.24. The molecule has 0 spiro atoms. The van der Waals surface area contributed by atoms with Crippen LogP contribution in [0.25, 0.3) is 0 Å². The largest absolute Gasteiger partial charge is 0.443 e. The van der Waals surface area contributed by atoms with Gasteiger partial charge in [0.05, 0.1) is 10.7 Å². The minimum Gasteiger partial charge on any atom is -0.443 e. The number of piperidine rings is 1. The van der Waals surface area contributed by atoms with Crippen molar-refractivity contribution in [3.63, 3.8) is 0 Å². The van der Waals surface area contributed by atoms with E-state index in [-0.39, 0.29) is 12.5 Å². The van der Waals surface area contributed by atoms with Crippen molar-refractivity contribution in [2.45, 2.75) is 39.2 Å². The third kappa shape index (κ3) is 6.82. The van der Waals surface area contributed by atoms with E-state index in [2.05, 4.69) is 15.5 Å². The first-order valence-electron chi connectivity index (χ1n) is 10.8. The van der Waals surface area contributed by atoms with Crippen LogP contribution in [0.1, 0.15) is 33.6 Å². The molecule has 2 heterocycles. The van der Waals surface area contributed by atoms with Crippen LogP contribution in [0.15, 0.2) is 42.6 Å². The molecule has 1 aliphatic rings. The normalized spacial score (nSPS) is 14.7. The Morgan fingerprint density at radius 3 is 2.53 bits per heavy atom. The van der Waals surface area contributed by atoms with Gasteiger partial charge in [0.1, 0.15) is 18.0 Å². The van der Waals surface area contributed by atoms with Crippen molar-refractivity contribution in [3.05, 3.63) is 47.6 Å². The van der Waals surface area contributed by atoms with Gasteiger partial charge in [0.2, 0.25) is 5.91 Å². The molecule has 0 atom stereocenters. The Hall–Kier alpha value is -2.87. The summed E-state index contributed by atoms with van der Waals surface area (Å²) < 4.78 is 5.53. The van der Waals surface area contributed by atoms with Crippen LogP contribution in [0.2, 0.25) is 5.02 Å². The summed E-state index contributed by atoms with van der Waals surface area (Å²) in [4.78, 5) is 29.0. The maximum absolute atomic E-state index is 13.0. The van der Waals surface area contributed by atoms with Crippen LogP contribution in [0, 0.1) is 5.92 Å². The predicted octanol–water partition coefficient (Wildman–Crippen LogP) is 4.22. The van der Waals surface area contributed by atoms with E-state index >= 15 is 0 Å². The van der Waals surface area contributed by atoms with Gasteiger partial charge in [0, 0.05) is 25.8 Å².